The van der Waals surface area contributed by atoms with Gasteiger partial charge in [0, 0.05) is 47.8 Å². The summed E-state index contributed by atoms with van der Waals surface area (Å²) in [7, 11) is 0. The number of fused-ring (bicyclic) bond motifs is 24. The van der Waals surface area contributed by atoms with Crippen LogP contribution in [-0.4, -0.2) is 157 Å². The molecule has 24 aliphatic rings. The van der Waals surface area contributed by atoms with Gasteiger partial charge in [-0.1, -0.05) is 133 Å². The summed E-state index contributed by atoms with van der Waals surface area (Å²) in [4.78, 5) is 23.6. The predicted octanol–water partition coefficient (Wildman–Crippen LogP) is 21.4. The summed E-state index contributed by atoms with van der Waals surface area (Å²) >= 11 is 0. The molecule has 0 radical (unpaired) electrons. The number of hydrogen-bond acceptors (Lipinski definition) is 17. The number of piperidine rings is 4. The molecule has 10 N–H and O–H groups in total. The summed E-state index contributed by atoms with van der Waals surface area (Å²) < 4.78 is 39.5. The van der Waals surface area contributed by atoms with E-state index in [0.717, 1.165) is 191 Å². The average Bonchev–Trinajstić information content (AvgIpc) is 1.60. The summed E-state index contributed by atoms with van der Waals surface area (Å²) in [5, 5.41) is 38.7. The summed E-state index contributed by atoms with van der Waals surface area (Å²) in [6.45, 7) is 44.1. The number of carbonyl (C=O) groups excluding carboxylic acids is 2. The highest BCUT2D eigenvalue weighted by molar-refractivity contribution is 5.85. The minimum atomic E-state index is -0.238. The molecule has 4 unspecified atom stereocenters. The second-order valence-corrected chi connectivity index (χ2v) is 53.6. The van der Waals surface area contributed by atoms with Crippen LogP contribution in [0.15, 0.2) is 49.7 Å². The van der Waals surface area contributed by atoms with Gasteiger partial charge in [0.1, 0.15) is 12.2 Å². The molecule has 12 saturated carbocycles. The van der Waals surface area contributed by atoms with Crippen LogP contribution >= 0.6 is 0 Å². The third-order valence-electron chi connectivity index (χ3n) is 47.3. The lowest BCUT2D eigenvalue weighted by Gasteiger charge is -2.54. The van der Waals surface area contributed by atoms with Crippen LogP contribution in [0.2, 0.25) is 0 Å². The van der Waals surface area contributed by atoms with Crippen molar-refractivity contribution in [1.29, 1.82) is 0 Å². The van der Waals surface area contributed by atoms with Crippen molar-refractivity contribution in [2.24, 2.45) is 180 Å². The van der Waals surface area contributed by atoms with Crippen molar-refractivity contribution in [2.45, 2.75) is 457 Å². The van der Waals surface area contributed by atoms with Gasteiger partial charge in [0.05, 0.1) is 71.7 Å². The number of esters is 2. The highest BCUT2D eigenvalue weighted by Crippen LogP contribution is 2.72. The molecule has 20 fully saturated rings. The van der Waals surface area contributed by atoms with Crippen molar-refractivity contribution >= 4 is 17.7 Å². The zero-order valence-electron chi connectivity index (χ0n) is 86.0. The average molecular weight is 1840 g/mol. The number of aliphatic hydroxyl groups is 1. The molecule has 17 nitrogen and oxygen atoms in total. The molecule has 8 aliphatic heterocycles. The molecule has 744 valence electrons. The van der Waals surface area contributed by atoms with E-state index in [0.29, 0.717) is 124 Å². The Morgan fingerprint density at radius 2 is 0.654 bits per heavy atom. The molecule has 8 heterocycles. The number of hydrogen-bond donors (Lipinski definition) is 8. The molecule has 0 aromatic heterocycles. The van der Waals surface area contributed by atoms with Gasteiger partial charge in [0.25, 0.3) is 0 Å². The number of aliphatic hydroxyl groups excluding tert-OH is 1. The van der Waals surface area contributed by atoms with Gasteiger partial charge in [-0.05, 0) is 451 Å². The number of nitrogens with two attached hydrogens (primary N) is 2. The van der Waals surface area contributed by atoms with Crippen LogP contribution in [0.4, 0.5) is 0 Å². The van der Waals surface area contributed by atoms with E-state index >= 15 is 0 Å². The van der Waals surface area contributed by atoms with Crippen LogP contribution < -0.4 is 32.7 Å². The van der Waals surface area contributed by atoms with Gasteiger partial charge < -0.3 is 71.5 Å². The second kappa shape index (κ2) is 36.7. The van der Waals surface area contributed by atoms with Crippen LogP contribution in [0.1, 0.15) is 368 Å². The number of oxime groups is 1. The molecule has 16 aliphatic carbocycles. The Bertz CT molecular complexity index is 4320. The minimum Gasteiger partial charge on any atom is -0.461 e. The van der Waals surface area contributed by atoms with E-state index in [2.05, 4.69) is 137 Å². The van der Waals surface area contributed by atoms with E-state index in [-0.39, 0.29) is 65.7 Å². The van der Waals surface area contributed by atoms with Crippen LogP contribution in [-0.2, 0) is 38.0 Å². The Morgan fingerprint density at radius 3 is 0.955 bits per heavy atom. The van der Waals surface area contributed by atoms with E-state index < -0.39 is 0 Å². The maximum absolute atomic E-state index is 11.8. The first-order valence-electron chi connectivity index (χ1n) is 56.7. The van der Waals surface area contributed by atoms with E-state index in [1.807, 2.05) is 22.3 Å². The van der Waals surface area contributed by atoms with Crippen molar-refractivity contribution in [2.75, 3.05) is 39.3 Å². The lowest BCUT2D eigenvalue weighted by atomic mass is 9.52. The SMILES string of the molecule is CC1=C2C[C@H]3[C@@H](CC[C@@H]4CC(=NO)CC[C@@]43C)[C@@H]2CCC2(C1)O[C@@H]1C[C@H](C)CN[C@H]1[C@H]2C.CC1=C2C[C@H]3[C@@H](CC[C@@H]4C[C@@H](OC(=O)CN)CC[C@@]43C)[C@@H]2CCC2(C1)O[C@@H]1C[C@H](C)CN[C@H]1[C@H]2C.CC1=C2C[C@H]3[C@@H](CC[C@@H]4C[C@H](O)CC[C@@]43C)[C@@H]2CCC2(C1)O[C@@H]1C[C@H](C)CN[C@H]1[C@H]2C.CC1=C2C[C@H]3[C@@H](CC[C@@H]4C[C@H](OC(=O)CN)CC[C@@]43C)[C@@H]2CCC2(C1)O[C@@H]1C[C@H](C)CN[C@H]1[C@H]2C. The monoisotopic (exact) mass is 1840 g/mol. The van der Waals surface area contributed by atoms with E-state index in [1.165, 1.54) is 186 Å². The predicted molar refractivity (Wildman–Crippen MR) is 528 cm³/mol. The van der Waals surface area contributed by atoms with Gasteiger partial charge in [-0.3, -0.25) is 9.59 Å². The maximum atomic E-state index is 11.8. The summed E-state index contributed by atoms with van der Waals surface area (Å²) in [5.41, 5.74) is 27.9. The Morgan fingerprint density at radius 1 is 0.368 bits per heavy atom. The van der Waals surface area contributed by atoms with Crippen molar-refractivity contribution in [3.63, 3.8) is 0 Å². The largest absolute Gasteiger partial charge is 0.461 e. The molecule has 24 rings (SSSR count). The van der Waals surface area contributed by atoms with Crippen molar-refractivity contribution < 1.29 is 48.3 Å². The van der Waals surface area contributed by atoms with E-state index in [1.54, 1.807) is 22.3 Å². The number of ether oxygens (including phenoxy) is 6. The number of nitrogens with one attached hydrogen (secondary N) is 4. The molecular formula is C116H185N7O10. The smallest absolute Gasteiger partial charge is 0.319 e. The van der Waals surface area contributed by atoms with E-state index in [9.17, 15) is 19.9 Å². The van der Waals surface area contributed by atoms with E-state index in [4.69, 9.17) is 39.9 Å². The van der Waals surface area contributed by atoms with Gasteiger partial charge in [0.15, 0.2) is 0 Å². The molecular weight excluding hydrogens is 1650 g/mol. The lowest BCUT2D eigenvalue weighted by molar-refractivity contribution is -0.155. The fourth-order valence-electron chi connectivity index (χ4n) is 39.8. The molecule has 17 heteroatoms. The zero-order valence-corrected chi connectivity index (χ0v) is 86.0. The van der Waals surface area contributed by atoms with Gasteiger partial charge in [0.2, 0.25) is 0 Å². The first-order chi connectivity index (χ1) is 63.6. The molecule has 0 amide bonds. The molecule has 0 bridgehead atoms. The number of rotatable bonds is 4. The zero-order chi connectivity index (χ0) is 92.9. The molecule has 4 spiro atoms. The molecule has 43 atom stereocenters. The minimum absolute atomic E-state index is 0.00134. The Balaban J connectivity index is 0.000000107. The normalized spacial score (nSPS) is 53.2. The van der Waals surface area contributed by atoms with Gasteiger partial charge >= 0.3 is 11.9 Å². The molecule has 0 aromatic rings. The van der Waals surface area contributed by atoms with Crippen LogP contribution in [0.25, 0.3) is 0 Å². The fraction of sp³-hybridized carbons (Fsp3) is 0.905. The van der Waals surface area contributed by atoms with Gasteiger partial charge in [-0.2, -0.15) is 0 Å². The lowest BCUT2D eigenvalue weighted by Crippen LogP contribution is -2.49. The maximum Gasteiger partial charge on any atom is 0.319 e. The summed E-state index contributed by atoms with van der Waals surface area (Å²) in [6.07, 6.45) is 50.5. The molecule has 8 saturated heterocycles. The van der Waals surface area contributed by atoms with Gasteiger partial charge in [-0.25, -0.2) is 0 Å². The Labute approximate surface area is 803 Å². The number of carbonyl (C=O) groups is 2. The van der Waals surface area contributed by atoms with Crippen molar-refractivity contribution in [3.8, 4) is 0 Å². The third kappa shape index (κ3) is 16.5. The number of nitrogens with zero attached hydrogens (tertiary/aromatic N) is 1. The summed E-state index contributed by atoms with van der Waals surface area (Å²) in [5.74, 6) is 17.4. The first-order valence-corrected chi connectivity index (χ1v) is 56.7. The second-order valence-electron chi connectivity index (χ2n) is 53.6. The fourth-order valence-corrected chi connectivity index (χ4v) is 39.8. The number of allylic oxidation sites excluding steroid dienone is 4. The Kier molecular flexibility index (Phi) is 26.5. The quantitative estimate of drug-likeness (QED) is 0.0565. The third-order valence-corrected chi connectivity index (χ3v) is 47.3. The van der Waals surface area contributed by atoms with Crippen LogP contribution in [0, 0.1) is 164 Å². The summed E-state index contributed by atoms with van der Waals surface area (Å²) in [6, 6.07) is 2.18. The van der Waals surface area contributed by atoms with Gasteiger partial charge in [-0.15, -0.1) is 0 Å². The highest BCUT2D eigenvalue weighted by Gasteiger charge is 2.67. The molecule has 133 heavy (non-hydrogen) atoms. The van der Waals surface area contributed by atoms with Crippen LogP contribution in [0.3, 0.4) is 0 Å². The van der Waals surface area contributed by atoms with Crippen molar-refractivity contribution in [1.82, 2.24) is 21.3 Å². The Hall–Kier alpha value is -3.07. The molecule has 0 aromatic carbocycles. The standard InChI is InChI=1S/2C30H48N2O3.C28H44N2O2.C28H45NO2/c2*1-17-11-26-28(32-16-17)19(3)30(35-26)10-8-22-23-6-5-20-12-21(34-27(33)15-31)7-9-29(20,4)25(23)13-24(22)18(2)14-30;1-16-11-25-26(29-15-16)18(3)28(32-25)10-8-21-22-6-5-19-12-20(30-31)7-9-27(19,4)24(22)13-23(21)17(2)14-28;1-16-11-25-26(29-15-16)18(3)28(31-25)10-8-21-22-6-5-19-12-20(30)7-9-27(19,4)24(22)13-23(21)17(2)14-28/h2*17,19-23,25-26,28,32H,5-16,31H2,1-4H3;16,18-19,21-22,24-26,29,31H,5-15H2,1-4H3;16,18-22,24-26,29-30H,5-15H2,1-4H3/t17-,19+,20+,21+,22-,23-,25-,26+,28-,29-,30?;17-,19+,20+,21-,22-,23-,25-,26+,28-,29-,30?;16-,18+,19+,21-,22-,24-,25+,26-,27-,28?;16-,18+,19+,20+,21-,22-,24-,25+,26-,27-,28?/m0000/s1. The first kappa shape index (κ1) is 96.1. The van der Waals surface area contributed by atoms with Crippen LogP contribution in [0.5, 0.6) is 0 Å². The topological polar surface area (TPSA) is 242 Å². The highest BCUT2D eigenvalue weighted by atomic mass is 16.6. The van der Waals surface area contributed by atoms with Crippen molar-refractivity contribution in [3.05, 3.63) is 44.6 Å².